The zero-order valence-electron chi connectivity index (χ0n) is 12.6. The summed E-state index contributed by atoms with van der Waals surface area (Å²) in [6, 6.07) is 16.1. The lowest BCUT2D eigenvalue weighted by molar-refractivity contribution is 0.315. The van der Waals surface area contributed by atoms with Crippen LogP contribution in [0.15, 0.2) is 48.5 Å². The number of halogens is 1. The number of ether oxygens (including phenoxy) is 1. The molecule has 0 fully saturated rings. The van der Waals surface area contributed by atoms with Gasteiger partial charge in [-0.05, 0) is 54.3 Å². The van der Waals surface area contributed by atoms with E-state index in [9.17, 15) is 0 Å². The molecule has 2 aromatic carbocycles. The quantitative estimate of drug-likeness (QED) is 0.697. The molecule has 0 atom stereocenters. The number of rotatable bonds is 7. The van der Waals surface area contributed by atoms with E-state index in [0.29, 0.717) is 12.5 Å². The van der Waals surface area contributed by atoms with E-state index in [4.69, 9.17) is 16.3 Å². The molecule has 1 N–H and O–H groups in total. The highest BCUT2D eigenvalue weighted by Crippen LogP contribution is 2.17. The smallest absolute Gasteiger partial charge is 0.119 e. The van der Waals surface area contributed by atoms with Crippen LogP contribution in [0.3, 0.4) is 0 Å². The van der Waals surface area contributed by atoms with Gasteiger partial charge in [0.1, 0.15) is 5.75 Å². The maximum Gasteiger partial charge on any atom is 0.119 e. The Morgan fingerprint density at radius 1 is 1.00 bits per heavy atom. The number of anilines is 1. The van der Waals surface area contributed by atoms with Crippen molar-refractivity contribution in [2.75, 3.05) is 18.5 Å². The number of hydrogen-bond donors (Lipinski definition) is 1. The summed E-state index contributed by atoms with van der Waals surface area (Å²) in [5.41, 5.74) is 2.53. The lowest BCUT2D eigenvalue weighted by Gasteiger charge is -2.10. The molecule has 0 saturated heterocycles. The molecule has 2 nitrogen and oxygen atoms in total. The molecule has 3 heteroatoms. The Morgan fingerprint density at radius 3 is 2.29 bits per heavy atom. The first-order valence-corrected chi connectivity index (χ1v) is 7.75. The van der Waals surface area contributed by atoms with Crippen LogP contribution in [0.5, 0.6) is 5.75 Å². The Hall–Kier alpha value is -1.67. The third-order valence-corrected chi connectivity index (χ3v) is 3.56. The predicted molar refractivity (Wildman–Crippen MR) is 90.6 cm³/mol. The Labute approximate surface area is 132 Å². The van der Waals surface area contributed by atoms with Gasteiger partial charge < -0.3 is 10.1 Å². The van der Waals surface area contributed by atoms with Crippen LogP contribution in [-0.2, 0) is 0 Å². The average Bonchev–Trinajstić information content (AvgIpc) is 2.49. The molecule has 0 radical (unpaired) electrons. The minimum Gasteiger partial charge on any atom is -0.494 e. The third kappa shape index (κ3) is 5.31. The largest absolute Gasteiger partial charge is 0.494 e. The van der Waals surface area contributed by atoms with Gasteiger partial charge in [-0.15, -0.1) is 0 Å². The molecule has 0 amide bonds. The van der Waals surface area contributed by atoms with E-state index in [1.54, 1.807) is 0 Å². The van der Waals surface area contributed by atoms with E-state index in [1.807, 2.05) is 24.3 Å². The second-order valence-corrected chi connectivity index (χ2v) is 5.80. The molecule has 2 rings (SSSR count). The fraction of sp³-hybridized carbons (Fsp3) is 0.333. The molecule has 0 aliphatic carbocycles. The maximum absolute atomic E-state index is 5.83. The first kappa shape index (κ1) is 15.7. The highest BCUT2D eigenvalue weighted by molar-refractivity contribution is 6.30. The van der Waals surface area contributed by atoms with Crippen LogP contribution in [-0.4, -0.2) is 13.2 Å². The molecule has 0 saturated carbocycles. The van der Waals surface area contributed by atoms with Gasteiger partial charge in [0.2, 0.25) is 0 Å². The first-order chi connectivity index (χ1) is 10.1. The highest BCUT2D eigenvalue weighted by Gasteiger charge is 1.99. The summed E-state index contributed by atoms with van der Waals surface area (Å²) in [4.78, 5) is 0. The first-order valence-electron chi connectivity index (χ1n) is 7.37. The number of benzene rings is 2. The SMILES string of the molecule is CC(C)c1ccc(NCCCOc2ccc(Cl)cc2)cc1. The van der Waals surface area contributed by atoms with Crippen LogP contribution in [0.1, 0.15) is 31.7 Å². The summed E-state index contributed by atoms with van der Waals surface area (Å²) < 4.78 is 5.65. The number of nitrogens with one attached hydrogen (secondary N) is 1. The van der Waals surface area contributed by atoms with E-state index in [2.05, 4.69) is 43.4 Å². The Morgan fingerprint density at radius 2 is 1.67 bits per heavy atom. The molecule has 112 valence electrons. The van der Waals surface area contributed by atoms with Crippen molar-refractivity contribution in [1.82, 2.24) is 0 Å². The predicted octanol–water partition coefficient (Wildman–Crippen LogP) is 5.34. The molecule has 0 aliphatic rings. The van der Waals surface area contributed by atoms with Gasteiger partial charge in [-0.1, -0.05) is 37.6 Å². The summed E-state index contributed by atoms with van der Waals surface area (Å²) >= 11 is 5.83. The molecule has 0 aromatic heterocycles. The van der Waals surface area contributed by atoms with Gasteiger partial charge in [0.25, 0.3) is 0 Å². The minimum absolute atomic E-state index is 0.576. The van der Waals surface area contributed by atoms with Crippen molar-refractivity contribution in [2.24, 2.45) is 0 Å². The Balaban J connectivity index is 1.66. The zero-order chi connectivity index (χ0) is 15.1. The van der Waals surface area contributed by atoms with Gasteiger partial charge in [-0.25, -0.2) is 0 Å². The topological polar surface area (TPSA) is 21.3 Å². The Kier molecular flexibility index (Phi) is 5.94. The molecule has 2 aromatic rings. The summed E-state index contributed by atoms with van der Waals surface area (Å²) in [6.07, 6.45) is 0.953. The summed E-state index contributed by atoms with van der Waals surface area (Å²) in [5, 5.41) is 4.14. The van der Waals surface area contributed by atoms with Gasteiger partial charge in [-0.3, -0.25) is 0 Å². The van der Waals surface area contributed by atoms with E-state index in [1.165, 1.54) is 5.56 Å². The van der Waals surface area contributed by atoms with Gasteiger partial charge in [-0.2, -0.15) is 0 Å². The van der Waals surface area contributed by atoms with E-state index >= 15 is 0 Å². The van der Waals surface area contributed by atoms with E-state index < -0.39 is 0 Å². The summed E-state index contributed by atoms with van der Waals surface area (Å²) in [5.74, 6) is 1.44. The number of hydrogen-bond acceptors (Lipinski definition) is 2. The second kappa shape index (κ2) is 7.94. The molecular weight excluding hydrogens is 282 g/mol. The summed E-state index contributed by atoms with van der Waals surface area (Å²) in [6.45, 7) is 6.00. The summed E-state index contributed by atoms with van der Waals surface area (Å²) in [7, 11) is 0. The lowest BCUT2D eigenvalue weighted by Crippen LogP contribution is -2.07. The van der Waals surface area contributed by atoms with Crippen molar-refractivity contribution < 1.29 is 4.74 Å². The van der Waals surface area contributed by atoms with Crippen LogP contribution in [0.4, 0.5) is 5.69 Å². The van der Waals surface area contributed by atoms with Gasteiger partial charge in [0, 0.05) is 17.3 Å². The van der Waals surface area contributed by atoms with Crippen LogP contribution >= 0.6 is 11.6 Å². The molecule has 0 bridgehead atoms. The van der Waals surface area contributed by atoms with Crippen molar-refractivity contribution >= 4 is 17.3 Å². The van der Waals surface area contributed by atoms with Crippen molar-refractivity contribution in [1.29, 1.82) is 0 Å². The van der Waals surface area contributed by atoms with Crippen LogP contribution in [0.2, 0.25) is 5.02 Å². The molecule has 0 aliphatic heterocycles. The van der Waals surface area contributed by atoms with Crippen LogP contribution < -0.4 is 10.1 Å². The minimum atomic E-state index is 0.576. The van der Waals surface area contributed by atoms with E-state index in [0.717, 1.165) is 29.4 Å². The van der Waals surface area contributed by atoms with Gasteiger partial charge >= 0.3 is 0 Å². The van der Waals surface area contributed by atoms with Crippen LogP contribution in [0, 0.1) is 0 Å². The normalized spacial score (nSPS) is 10.7. The maximum atomic E-state index is 5.83. The average molecular weight is 304 g/mol. The highest BCUT2D eigenvalue weighted by atomic mass is 35.5. The van der Waals surface area contributed by atoms with Crippen molar-refractivity contribution in [2.45, 2.75) is 26.2 Å². The Bertz CT molecular complexity index is 534. The van der Waals surface area contributed by atoms with E-state index in [-0.39, 0.29) is 0 Å². The lowest BCUT2D eigenvalue weighted by atomic mass is 10.0. The van der Waals surface area contributed by atoms with Gasteiger partial charge in [0.05, 0.1) is 6.61 Å². The molecular formula is C18H22ClNO. The molecule has 0 heterocycles. The molecule has 21 heavy (non-hydrogen) atoms. The van der Waals surface area contributed by atoms with Gasteiger partial charge in [0.15, 0.2) is 0 Å². The fourth-order valence-corrected chi connectivity index (χ4v) is 2.14. The zero-order valence-corrected chi connectivity index (χ0v) is 13.4. The fourth-order valence-electron chi connectivity index (χ4n) is 2.01. The standard InChI is InChI=1S/C18H22ClNO/c1-14(2)15-4-8-17(9-5-15)20-12-3-13-21-18-10-6-16(19)7-11-18/h4-11,14,20H,3,12-13H2,1-2H3. The molecule has 0 spiro atoms. The van der Waals surface area contributed by atoms with Crippen molar-refractivity contribution in [3.8, 4) is 5.75 Å². The van der Waals surface area contributed by atoms with Crippen molar-refractivity contribution in [3.05, 3.63) is 59.1 Å². The third-order valence-electron chi connectivity index (χ3n) is 3.31. The molecule has 0 unspecified atom stereocenters. The van der Waals surface area contributed by atoms with Crippen molar-refractivity contribution in [3.63, 3.8) is 0 Å². The second-order valence-electron chi connectivity index (χ2n) is 5.36. The van der Waals surface area contributed by atoms with Crippen LogP contribution in [0.25, 0.3) is 0 Å². The monoisotopic (exact) mass is 303 g/mol.